The third kappa shape index (κ3) is 7.81. The standard InChI is InChI=1S/C34H48N4O2/c1-25(2)15-21-37(22-16-26(3)4)34(40)30-17-23-38-32(24-30)31(10-9-20-36-18-7-6-8-19-36)33(35-38)29-13-11-28(12-14-29)27(5)39/h11-14,17,23-26H,6-10,15-16,18-22H2,1-5H3. The van der Waals surface area contributed by atoms with E-state index in [4.69, 9.17) is 5.10 Å². The zero-order valence-corrected chi connectivity index (χ0v) is 25.3. The molecule has 1 fully saturated rings. The van der Waals surface area contributed by atoms with Crippen LogP contribution in [-0.2, 0) is 6.42 Å². The zero-order valence-electron chi connectivity index (χ0n) is 25.3. The van der Waals surface area contributed by atoms with Crippen LogP contribution in [-0.4, -0.2) is 63.8 Å². The first-order valence-corrected chi connectivity index (χ1v) is 15.4. The highest BCUT2D eigenvalue weighted by atomic mass is 16.2. The van der Waals surface area contributed by atoms with Gasteiger partial charge in [-0.25, -0.2) is 4.52 Å². The Hall–Kier alpha value is -2.99. The molecule has 0 bridgehead atoms. The first-order valence-electron chi connectivity index (χ1n) is 15.4. The second-order valence-corrected chi connectivity index (χ2v) is 12.4. The summed E-state index contributed by atoms with van der Waals surface area (Å²) in [6.07, 6.45) is 9.81. The summed E-state index contributed by atoms with van der Waals surface area (Å²) in [6.45, 7) is 15.5. The molecule has 0 atom stereocenters. The van der Waals surface area contributed by atoms with Crippen LogP contribution in [0.1, 0.15) is 99.4 Å². The number of carbonyl (C=O) groups excluding carboxylic acids is 2. The van der Waals surface area contributed by atoms with Gasteiger partial charge in [0.15, 0.2) is 5.78 Å². The Morgan fingerprint density at radius 2 is 1.55 bits per heavy atom. The lowest BCUT2D eigenvalue weighted by Crippen LogP contribution is -2.34. The predicted molar refractivity (Wildman–Crippen MR) is 164 cm³/mol. The van der Waals surface area contributed by atoms with Crippen molar-refractivity contribution < 1.29 is 9.59 Å². The van der Waals surface area contributed by atoms with Gasteiger partial charge in [0, 0.05) is 41.5 Å². The van der Waals surface area contributed by atoms with Gasteiger partial charge in [0.05, 0.1) is 11.2 Å². The first-order chi connectivity index (χ1) is 19.2. The Kier molecular flexibility index (Phi) is 10.5. The molecule has 0 unspecified atom stereocenters. The van der Waals surface area contributed by atoms with Crippen molar-refractivity contribution >= 4 is 17.2 Å². The molecule has 0 aliphatic carbocycles. The molecule has 0 spiro atoms. The van der Waals surface area contributed by atoms with Crippen LogP contribution < -0.4 is 0 Å². The molecule has 1 saturated heterocycles. The number of fused-ring (bicyclic) bond motifs is 1. The van der Waals surface area contributed by atoms with Gasteiger partial charge in [-0.05, 0) is 89.1 Å². The fourth-order valence-corrected chi connectivity index (χ4v) is 5.56. The summed E-state index contributed by atoms with van der Waals surface area (Å²) < 4.78 is 1.92. The summed E-state index contributed by atoms with van der Waals surface area (Å²) in [5.74, 6) is 1.27. The molecule has 1 amide bonds. The number of benzene rings is 1. The average molecular weight is 545 g/mol. The number of Topliss-reactive ketones (excluding diaryl/α,β-unsaturated/α-hetero) is 1. The Labute approximate surface area is 240 Å². The number of hydrogen-bond acceptors (Lipinski definition) is 4. The molecule has 1 aliphatic heterocycles. The van der Waals surface area contributed by atoms with E-state index in [-0.39, 0.29) is 11.7 Å². The van der Waals surface area contributed by atoms with Gasteiger partial charge < -0.3 is 9.80 Å². The van der Waals surface area contributed by atoms with E-state index in [1.165, 1.54) is 37.9 Å². The van der Waals surface area contributed by atoms with Crippen LogP contribution in [0.3, 0.4) is 0 Å². The van der Waals surface area contributed by atoms with Crippen molar-refractivity contribution in [1.82, 2.24) is 19.4 Å². The van der Waals surface area contributed by atoms with Crippen molar-refractivity contribution in [3.8, 4) is 11.3 Å². The lowest BCUT2D eigenvalue weighted by molar-refractivity contribution is 0.0740. The van der Waals surface area contributed by atoms with Crippen LogP contribution >= 0.6 is 0 Å². The number of piperidine rings is 1. The maximum atomic E-state index is 13.8. The van der Waals surface area contributed by atoms with Crippen LogP contribution in [0.5, 0.6) is 0 Å². The van der Waals surface area contributed by atoms with E-state index < -0.39 is 0 Å². The number of rotatable bonds is 13. The van der Waals surface area contributed by atoms with E-state index in [1.807, 2.05) is 45.9 Å². The number of amides is 1. The molecule has 40 heavy (non-hydrogen) atoms. The van der Waals surface area contributed by atoms with E-state index >= 15 is 0 Å². The number of pyridine rings is 1. The Balaban J connectivity index is 1.66. The summed E-state index contributed by atoms with van der Waals surface area (Å²) in [5.41, 5.74) is 5.56. The largest absolute Gasteiger partial charge is 0.339 e. The smallest absolute Gasteiger partial charge is 0.253 e. The molecule has 6 heteroatoms. The molecule has 2 aromatic heterocycles. The quantitative estimate of drug-likeness (QED) is 0.214. The number of hydrogen-bond donors (Lipinski definition) is 0. The lowest BCUT2D eigenvalue weighted by atomic mass is 10.00. The Bertz CT molecular complexity index is 1260. The van der Waals surface area contributed by atoms with E-state index in [0.29, 0.717) is 17.4 Å². The van der Waals surface area contributed by atoms with Gasteiger partial charge in [-0.15, -0.1) is 0 Å². The summed E-state index contributed by atoms with van der Waals surface area (Å²) in [7, 11) is 0. The van der Waals surface area contributed by atoms with E-state index in [9.17, 15) is 9.59 Å². The van der Waals surface area contributed by atoms with E-state index in [2.05, 4.69) is 38.7 Å². The van der Waals surface area contributed by atoms with Crippen molar-refractivity contribution in [2.45, 2.75) is 79.6 Å². The SMILES string of the molecule is CC(=O)c1ccc(-c2nn3ccc(C(=O)N(CCC(C)C)CCC(C)C)cc3c2CCCN2CCCCC2)cc1. The minimum atomic E-state index is 0.0611. The van der Waals surface area contributed by atoms with Gasteiger partial charge >= 0.3 is 0 Å². The molecule has 0 N–H and O–H groups in total. The fourth-order valence-electron chi connectivity index (χ4n) is 5.56. The van der Waals surface area contributed by atoms with Crippen LogP contribution in [0.4, 0.5) is 0 Å². The molecule has 3 heterocycles. The van der Waals surface area contributed by atoms with Crippen molar-refractivity contribution in [3.63, 3.8) is 0 Å². The molecule has 4 rings (SSSR count). The Morgan fingerprint density at radius 1 is 0.900 bits per heavy atom. The van der Waals surface area contributed by atoms with E-state index in [1.54, 1.807) is 6.92 Å². The highest BCUT2D eigenvalue weighted by molar-refractivity contribution is 5.96. The molecule has 0 saturated carbocycles. The summed E-state index contributed by atoms with van der Waals surface area (Å²) in [5, 5.41) is 4.98. The van der Waals surface area contributed by atoms with Gasteiger partial charge in [0.25, 0.3) is 5.91 Å². The van der Waals surface area contributed by atoms with Gasteiger partial charge in [-0.3, -0.25) is 9.59 Å². The third-order valence-electron chi connectivity index (χ3n) is 8.14. The lowest BCUT2D eigenvalue weighted by Gasteiger charge is -2.26. The topological polar surface area (TPSA) is 57.9 Å². The summed E-state index contributed by atoms with van der Waals surface area (Å²) >= 11 is 0. The highest BCUT2D eigenvalue weighted by Gasteiger charge is 2.21. The van der Waals surface area contributed by atoms with Gasteiger partial charge in [-0.2, -0.15) is 5.10 Å². The molecule has 1 aromatic carbocycles. The third-order valence-corrected chi connectivity index (χ3v) is 8.14. The fraction of sp³-hybridized carbons (Fsp3) is 0.559. The second-order valence-electron chi connectivity index (χ2n) is 12.4. The summed E-state index contributed by atoms with van der Waals surface area (Å²) in [4.78, 5) is 30.3. The van der Waals surface area contributed by atoms with Crippen molar-refractivity contribution in [1.29, 1.82) is 0 Å². The minimum Gasteiger partial charge on any atom is -0.339 e. The van der Waals surface area contributed by atoms with Crippen molar-refractivity contribution in [3.05, 3.63) is 59.3 Å². The number of ketones is 1. The number of aryl methyl sites for hydroxylation is 1. The molecular weight excluding hydrogens is 496 g/mol. The van der Waals surface area contributed by atoms with E-state index in [0.717, 1.165) is 67.7 Å². The predicted octanol–water partition coefficient (Wildman–Crippen LogP) is 7.16. The van der Waals surface area contributed by atoms with Crippen LogP contribution in [0.25, 0.3) is 16.8 Å². The van der Waals surface area contributed by atoms with Crippen molar-refractivity contribution in [2.24, 2.45) is 11.8 Å². The maximum Gasteiger partial charge on any atom is 0.253 e. The Morgan fingerprint density at radius 3 is 2.15 bits per heavy atom. The second kappa shape index (κ2) is 14.1. The van der Waals surface area contributed by atoms with Gasteiger partial charge in [0.1, 0.15) is 0 Å². The maximum absolute atomic E-state index is 13.8. The first kappa shape index (κ1) is 30.0. The molecule has 1 aliphatic rings. The van der Waals surface area contributed by atoms with Crippen molar-refractivity contribution in [2.75, 3.05) is 32.7 Å². The molecule has 6 nitrogen and oxygen atoms in total. The summed E-state index contributed by atoms with van der Waals surface area (Å²) in [6, 6.07) is 11.7. The number of likely N-dealkylation sites (tertiary alicyclic amines) is 1. The van der Waals surface area contributed by atoms with Gasteiger partial charge in [0.2, 0.25) is 0 Å². The normalized spacial score (nSPS) is 14.4. The van der Waals surface area contributed by atoms with Crippen LogP contribution in [0.15, 0.2) is 42.6 Å². The average Bonchev–Trinajstić information content (AvgIpc) is 3.31. The van der Waals surface area contributed by atoms with Crippen LogP contribution in [0.2, 0.25) is 0 Å². The van der Waals surface area contributed by atoms with Gasteiger partial charge in [-0.1, -0.05) is 58.4 Å². The molecule has 0 radical (unpaired) electrons. The zero-order chi connectivity index (χ0) is 28.6. The molecule has 3 aromatic rings. The number of nitrogens with zero attached hydrogens (tertiary/aromatic N) is 4. The molecule has 216 valence electrons. The minimum absolute atomic E-state index is 0.0611. The highest BCUT2D eigenvalue weighted by Crippen LogP contribution is 2.29. The number of carbonyl (C=O) groups is 2. The van der Waals surface area contributed by atoms with Crippen LogP contribution in [0, 0.1) is 11.8 Å². The molecular formula is C34H48N4O2. The number of aromatic nitrogens is 2. The monoisotopic (exact) mass is 544 g/mol.